The van der Waals surface area contributed by atoms with E-state index < -0.39 is 18.3 Å². The van der Waals surface area contributed by atoms with E-state index in [0.717, 1.165) is 11.3 Å². The fraction of sp³-hybridized carbons (Fsp3) is 0.500. The summed E-state index contributed by atoms with van der Waals surface area (Å²) < 4.78 is 0. The Balaban J connectivity index is 2.05. The number of para-hydroxylation sites is 1. The molecule has 1 aromatic carbocycles. The van der Waals surface area contributed by atoms with Crippen molar-refractivity contribution in [3.63, 3.8) is 0 Å². The largest absolute Gasteiger partial charge is 0.388 e. The zero-order chi connectivity index (χ0) is 11.3. The lowest BCUT2D eigenvalue weighted by Gasteiger charge is -2.36. The van der Waals surface area contributed by atoms with E-state index in [0.29, 0.717) is 13.0 Å². The van der Waals surface area contributed by atoms with Crippen LogP contribution >= 0.6 is 0 Å². The van der Waals surface area contributed by atoms with Crippen molar-refractivity contribution in [3.05, 3.63) is 29.8 Å². The summed E-state index contributed by atoms with van der Waals surface area (Å²) in [6.45, 7) is 0.440. The maximum Gasteiger partial charge on any atom is 0.102 e. The van der Waals surface area contributed by atoms with Crippen molar-refractivity contribution in [3.8, 4) is 0 Å². The van der Waals surface area contributed by atoms with Crippen LogP contribution in [0.25, 0.3) is 0 Å². The molecule has 0 aromatic heterocycles. The second kappa shape index (κ2) is 3.45. The molecule has 4 nitrogen and oxygen atoms in total. The predicted octanol–water partition coefficient (Wildman–Crippen LogP) is 0.0341. The maximum atomic E-state index is 9.99. The van der Waals surface area contributed by atoms with E-state index >= 15 is 0 Å². The van der Waals surface area contributed by atoms with Crippen LogP contribution in [-0.4, -0.2) is 40.1 Å². The third kappa shape index (κ3) is 1.27. The van der Waals surface area contributed by atoms with Crippen molar-refractivity contribution in [1.29, 1.82) is 0 Å². The summed E-state index contributed by atoms with van der Waals surface area (Å²) in [5.74, 6) is 0. The summed E-state index contributed by atoms with van der Waals surface area (Å²) >= 11 is 0. The molecule has 2 heterocycles. The molecular weight excluding hydrogens is 206 g/mol. The fourth-order valence-corrected chi connectivity index (χ4v) is 2.82. The molecule has 1 fully saturated rings. The second-order valence-corrected chi connectivity index (χ2v) is 4.59. The van der Waals surface area contributed by atoms with Gasteiger partial charge in [0.1, 0.15) is 6.10 Å². The minimum Gasteiger partial charge on any atom is -0.388 e. The Hall–Kier alpha value is -1.10. The zero-order valence-electron chi connectivity index (χ0n) is 8.82. The van der Waals surface area contributed by atoms with E-state index in [1.807, 2.05) is 29.2 Å². The van der Waals surface area contributed by atoms with Crippen LogP contribution in [0.1, 0.15) is 18.1 Å². The van der Waals surface area contributed by atoms with Crippen LogP contribution in [-0.2, 0) is 0 Å². The van der Waals surface area contributed by atoms with Gasteiger partial charge >= 0.3 is 0 Å². The van der Waals surface area contributed by atoms with Crippen LogP contribution in [0.15, 0.2) is 24.3 Å². The average molecular weight is 221 g/mol. The van der Waals surface area contributed by atoms with Gasteiger partial charge in [0.25, 0.3) is 0 Å². The molecule has 1 aromatic rings. The van der Waals surface area contributed by atoms with Gasteiger partial charge in [-0.3, -0.25) is 0 Å². The highest BCUT2D eigenvalue weighted by Crippen LogP contribution is 2.41. The number of aliphatic hydroxyl groups is 3. The Morgan fingerprint density at radius 2 is 1.88 bits per heavy atom. The Labute approximate surface area is 93.8 Å². The normalized spacial score (nSPS) is 37.1. The number of aliphatic hydroxyl groups excluding tert-OH is 3. The minimum absolute atomic E-state index is 0.167. The SMILES string of the molecule is O[C@@H]1[C@@H](O)CN2c3ccccc3[C@@H](O)C[C@@H]12. The third-order valence-corrected chi connectivity index (χ3v) is 3.64. The molecule has 0 spiro atoms. The maximum absolute atomic E-state index is 9.99. The summed E-state index contributed by atoms with van der Waals surface area (Å²) in [5, 5.41) is 29.5. The Bertz CT molecular complexity index is 409. The molecule has 2 aliphatic rings. The van der Waals surface area contributed by atoms with E-state index in [2.05, 4.69) is 0 Å². The highest BCUT2D eigenvalue weighted by Gasteiger charge is 2.44. The molecule has 0 aliphatic carbocycles. The van der Waals surface area contributed by atoms with Crippen molar-refractivity contribution in [2.45, 2.75) is 30.8 Å². The molecule has 0 saturated carbocycles. The van der Waals surface area contributed by atoms with E-state index in [-0.39, 0.29) is 6.04 Å². The summed E-state index contributed by atoms with van der Waals surface area (Å²) in [4.78, 5) is 2.00. The molecule has 3 N–H and O–H groups in total. The van der Waals surface area contributed by atoms with E-state index in [1.54, 1.807) is 0 Å². The highest BCUT2D eigenvalue weighted by molar-refractivity contribution is 5.59. The number of benzene rings is 1. The predicted molar refractivity (Wildman–Crippen MR) is 59.2 cm³/mol. The van der Waals surface area contributed by atoms with Crippen molar-refractivity contribution >= 4 is 5.69 Å². The molecule has 4 atom stereocenters. The quantitative estimate of drug-likeness (QED) is 0.578. The van der Waals surface area contributed by atoms with Crippen molar-refractivity contribution < 1.29 is 15.3 Å². The second-order valence-electron chi connectivity index (χ2n) is 4.59. The van der Waals surface area contributed by atoms with Gasteiger partial charge in [-0.25, -0.2) is 0 Å². The molecular formula is C12H15NO3. The van der Waals surface area contributed by atoms with Crippen molar-refractivity contribution in [2.75, 3.05) is 11.4 Å². The Morgan fingerprint density at radius 1 is 1.12 bits per heavy atom. The highest BCUT2D eigenvalue weighted by atomic mass is 16.3. The van der Waals surface area contributed by atoms with Gasteiger partial charge in [-0.2, -0.15) is 0 Å². The van der Waals surface area contributed by atoms with Gasteiger partial charge in [0.2, 0.25) is 0 Å². The Morgan fingerprint density at radius 3 is 2.69 bits per heavy atom. The fourth-order valence-electron chi connectivity index (χ4n) is 2.82. The first-order chi connectivity index (χ1) is 7.68. The smallest absolute Gasteiger partial charge is 0.102 e. The van der Waals surface area contributed by atoms with Gasteiger partial charge in [0.05, 0.1) is 18.2 Å². The molecule has 0 bridgehead atoms. The lowest BCUT2D eigenvalue weighted by molar-refractivity contribution is 0.0288. The van der Waals surface area contributed by atoms with Gasteiger partial charge in [-0.1, -0.05) is 18.2 Å². The standard InChI is InChI=1S/C12H15NO3/c14-10-5-9-12(16)11(15)6-13(9)8-4-2-1-3-7(8)10/h1-4,9-12,14-16H,5-6H2/t9-,10-,11-,12-/m0/s1. The molecule has 0 amide bonds. The number of hydrogen-bond donors (Lipinski definition) is 3. The molecule has 0 radical (unpaired) electrons. The minimum atomic E-state index is -0.761. The van der Waals surface area contributed by atoms with Crippen LogP contribution in [0, 0.1) is 0 Å². The summed E-state index contributed by atoms with van der Waals surface area (Å²) in [6, 6.07) is 7.46. The summed E-state index contributed by atoms with van der Waals surface area (Å²) in [6.07, 6.45) is -1.54. The third-order valence-electron chi connectivity index (χ3n) is 3.64. The molecule has 4 heteroatoms. The lowest BCUT2D eigenvalue weighted by Crippen LogP contribution is -2.40. The topological polar surface area (TPSA) is 63.9 Å². The van der Waals surface area contributed by atoms with Gasteiger partial charge < -0.3 is 20.2 Å². The molecule has 1 saturated heterocycles. The van der Waals surface area contributed by atoms with E-state index in [1.165, 1.54) is 0 Å². The Kier molecular flexibility index (Phi) is 2.17. The van der Waals surface area contributed by atoms with Crippen LogP contribution in [0.5, 0.6) is 0 Å². The number of hydrogen-bond acceptors (Lipinski definition) is 4. The summed E-state index contributed by atoms with van der Waals surface area (Å²) in [5.41, 5.74) is 1.82. The zero-order valence-corrected chi connectivity index (χ0v) is 8.82. The van der Waals surface area contributed by atoms with Crippen LogP contribution < -0.4 is 4.90 Å². The van der Waals surface area contributed by atoms with Crippen molar-refractivity contribution in [2.24, 2.45) is 0 Å². The van der Waals surface area contributed by atoms with E-state index in [4.69, 9.17) is 0 Å². The first-order valence-electron chi connectivity index (χ1n) is 5.58. The van der Waals surface area contributed by atoms with Gasteiger partial charge in [-0.15, -0.1) is 0 Å². The first kappa shape index (κ1) is 10.1. The first-order valence-corrected chi connectivity index (χ1v) is 5.58. The van der Waals surface area contributed by atoms with Crippen LogP contribution in [0.2, 0.25) is 0 Å². The number of fused-ring (bicyclic) bond motifs is 3. The van der Waals surface area contributed by atoms with Gasteiger partial charge in [0.15, 0.2) is 0 Å². The average Bonchev–Trinajstić information content (AvgIpc) is 2.57. The number of nitrogens with zero attached hydrogens (tertiary/aromatic N) is 1. The van der Waals surface area contributed by atoms with Crippen LogP contribution in [0.4, 0.5) is 5.69 Å². The number of rotatable bonds is 0. The van der Waals surface area contributed by atoms with Crippen molar-refractivity contribution in [1.82, 2.24) is 0 Å². The molecule has 16 heavy (non-hydrogen) atoms. The monoisotopic (exact) mass is 221 g/mol. The molecule has 2 aliphatic heterocycles. The number of anilines is 1. The summed E-state index contributed by atoms with van der Waals surface area (Å²) in [7, 11) is 0. The molecule has 86 valence electrons. The van der Waals surface area contributed by atoms with Gasteiger partial charge in [-0.05, 0) is 6.07 Å². The molecule has 0 unspecified atom stereocenters. The van der Waals surface area contributed by atoms with Crippen LogP contribution in [0.3, 0.4) is 0 Å². The molecule has 3 rings (SSSR count). The van der Waals surface area contributed by atoms with E-state index in [9.17, 15) is 15.3 Å². The van der Waals surface area contributed by atoms with Gasteiger partial charge in [0, 0.05) is 24.2 Å². The lowest BCUT2D eigenvalue weighted by atomic mass is 9.92.